The van der Waals surface area contributed by atoms with Gasteiger partial charge >= 0.3 is 12.2 Å². The van der Waals surface area contributed by atoms with Gasteiger partial charge in [0.2, 0.25) is 5.91 Å². The number of aromatic amines is 2. The molecule has 332 valence electrons. The van der Waals surface area contributed by atoms with E-state index in [0.29, 0.717) is 39.1 Å². The molecule has 16 heteroatoms. The van der Waals surface area contributed by atoms with Crippen LogP contribution < -0.4 is 10.6 Å². The highest BCUT2D eigenvalue weighted by molar-refractivity contribution is 5.90. The maximum Gasteiger partial charge on any atom is 0.407 e. The fourth-order valence-electron chi connectivity index (χ4n) is 9.48. The second-order valence-corrected chi connectivity index (χ2v) is 16.7. The van der Waals surface area contributed by atoms with E-state index in [2.05, 4.69) is 57.0 Å². The molecule has 3 saturated heterocycles. The van der Waals surface area contributed by atoms with Crippen molar-refractivity contribution in [1.82, 2.24) is 45.4 Å². The number of H-pyrrole nitrogens is 2. The summed E-state index contributed by atoms with van der Waals surface area (Å²) >= 11 is 0. The van der Waals surface area contributed by atoms with Gasteiger partial charge in [-0.15, -0.1) is 0 Å². The Kier molecular flexibility index (Phi) is 12.7. The number of hydrogen-bond acceptors (Lipinski definition) is 11. The van der Waals surface area contributed by atoms with E-state index < -0.39 is 30.5 Å². The van der Waals surface area contributed by atoms with Crippen LogP contribution >= 0.6 is 0 Å². The largest absolute Gasteiger partial charge is 0.453 e. The first-order chi connectivity index (χ1) is 31.3. The van der Waals surface area contributed by atoms with Crippen molar-refractivity contribution >= 4 is 28.9 Å². The summed E-state index contributed by atoms with van der Waals surface area (Å²) in [6.45, 7) is 2.34. The van der Waals surface area contributed by atoms with E-state index in [4.69, 9.17) is 29.2 Å². The van der Waals surface area contributed by atoms with Crippen LogP contribution in [0, 0.1) is 5.92 Å². The minimum Gasteiger partial charge on any atom is -0.453 e. The molecule has 0 radical (unpaired) electrons. The number of aromatic nitrogens is 5. The number of ether oxygens (including phenoxy) is 3. The molecule has 6 heterocycles. The molecule has 16 nitrogen and oxygen atoms in total. The molecule has 1 unspecified atom stereocenters. The monoisotopic (exact) mass is 867 g/mol. The van der Waals surface area contributed by atoms with Crippen LogP contribution in [0.1, 0.15) is 73.9 Å². The molecular weight excluding hydrogens is 815 g/mol. The van der Waals surface area contributed by atoms with Crippen molar-refractivity contribution in [2.24, 2.45) is 5.92 Å². The summed E-state index contributed by atoms with van der Waals surface area (Å²) in [5, 5.41) is 19.4. The van der Waals surface area contributed by atoms with Crippen molar-refractivity contribution in [3.05, 3.63) is 115 Å². The van der Waals surface area contributed by atoms with Crippen molar-refractivity contribution in [3.8, 4) is 33.8 Å². The van der Waals surface area contributed by atoms with Crippen molar-refractivity contribution in [2.45, 2.75) is 68.9 Å². The van der Waals surface area contributed by atoms with Gasteiger partial charge in [0.1, 0.15) is 23.9 Å². The molecule has 5 atom stereocenters. The van der Waals surface area contributed by atoms with Gasteiger partial charge in [-0.1, -0.05) is 54.6 Å². The lowest BCUT2D eigenvalue weighted by molar-refractivity contribution is -0.136. The topological polar surface area (TPSA) is 200 Å². The molecule has 3 aromatic heterocycles. The minimum atomic E-state index is -1.01. The molecule has 0 spiro atoms. The molecule has 0 bridgehead atoms. The Morgan fingerprint density at radius 3 is 2.05 bits per heavy atom. The number of hydrogen-bond donors (Lipinski definition) is 5. The number of rotatable bonds is 12. The van der Waals surface area contributed by atoms with Gasteiger partial charge in [-0.05, 0) is 85.0 Å². The van der Waals surface area contributed by atoms with E-state index in [9.17, 15) is 19.5 Å². The van der Waals surface area contributed by atoms with Crippen LogP contribution in [-0.2, 0) is 19.0 Å². The number of fused-ring (bicyclic) bond motifs is 1. The number of alkyl carbamates (subject to hydrolysis) is 2. The summed E-state index contributed by atoms with van der Waals surface area (Å²) in [5.41, 5.74) is 6.13. The first-order valence-corrected chi connectivity index (χ1v) is 21.9. The van der Waals surface area contributed by atoms with Crippen LogP contribution in [0.4, 0.5) is 9.59 Å². The maximum atomic E-state index is 14.0. The Morgan fingerprint density at radius 1 is 0.719 bits per heavy atom. The fourth-order valence-corrected chi connectivity index (χ4v) is 9.48. The third-order valence-electron chi connectivity index (χ3n) is 12.9. The van der Waals surface area contributed by atoms with Crippen molar-refractivity contribution in [3.63, 3.8) is 0 Å². The third-order valence-corrected chi connectivity index (χ3v) is 12.9. The number of aliphatic hydroxyl groups excluding tert-OH is 1. The normalized spacial score (nSPS) is 19.6. The highest BCUT2D eigenvalue weighted by Gasteiger charge is 2.41. The van der Waals surface area contributed by atoms with Crippen LogP contribution in [0.15, 0.2) is 97.5 Å². The molecule has 0 saturated carbocycles. The third kappa shape index (κ3) is 8.94. The number of nitrogens with one attached hydrogen (secondary N) is 4. The molecular formula is C48H53N9O7. The molecule has 3 aromatic carbocycles. The summed E-state index contributed by atoms with van der Waals surface area (Å²) in [6.07, 6.45) is 7.87. The number of aliphatic hydroxyl groups is 1. The SMILES string of the molecule is COC(=O)N[C@H](C(=O)N1CCC[C@H]1c1ncc(-c2ccc3cc(-c4ccc(-c5cnc([C@@H]6CCCN6C(O)[C@H](NC(=O)OC)c6ccccc6)[nH]5)cn4)ccc3c2)[nH]1)C1CCOCC1. The lowest BCUT2D eigenvalue weighted by Gasteiger charge is -2.34. The first kappa shape index (κ1) is 42.7. The van der Waals surface area contributed by atoms with E-state index in [1.54, 1.807) is 6.20 Å². The minimum absolute atomic E-state index is 0.0322. The summed E-state index contributed by atoms with van der Waals surface area (Å²) in [6, 6.07) is 24.2. The fraction of sp³-hybridized carbons (Fsp3) is 0.375. The van der Waals surface area contributed by atoms with Gasteiger partial charge in [0.05, 0.1) is 61.8 Å². The molecule has 9 rings (SSSR count). The highest BCUT2D eigenvalue weighted by atomic mass is 16.5. The average Bonchev–Trinajstić information content (AvgIpc) is 4.20. The maximum absolute atomic E-state index is 14.0. The number of pyridine rings is 1. The van der Waals surface area contributed by atoms with Crippen LogP contribution in [0.25, 0.3) is 44.5 Å². The number of carbonyl (C=O) groups excluding carboxylic acids is 3. The molecule has 3 aliphatic heterocycles. The second-order valence-electron chi connectivity index (χ2n) is 16.7. The predicted molar refractivity (Wildman–Crippen MR) is 238 cm³/mol. The molecule has 3 aliphatic rings. The molecule has 0 aliphatic carbocycles. The standard InChI is InChI=1S/C48H53N9O7/c1-62-47(60)54-41(29-8-4-3-5-9-29)45(58)56-20-7-11-40(56)44-51-28-38(53-44)35-16-17-36(49-26-35)33-14-12-32-25-34(15-13-31(32)24-33)37-27-50-43(52-37)39-10-6-21-57(39)46(59)42(55-48(61)63-2)30-18-22-64-23-19-30/h3-5,8-9,12-17,24-28,30,39-42,45,58H,6-7,10-11,18-23H2,1-2H3,(H,50,52)(H,51,53)(H,54,60)(H,55,61)/t39-,40-,41+,42-,45?/m0/s1. The Bertz CT molecular complexity index is 2580. The molecule has 6 aromatic rings. The molecule has 64 heavy (non-hydrogen) atoms. The molecule has 3 fully saturated rings. The zero-order valence-corrected chi connectivity index (χ0v) is 35.9. The summed E-state index contributed by atoms with van der Waals surface area (Å²) in [5.74, 6) is 1.31. The van der Waals surface area contributed by atoms with Crippen LogP contribution in [0.5, 0.6) is 0 Å². The van der Waals surface area contributed by atoms with E-state index >= 15 is 0 Å². The number of methoxy groups -OCH3 is 2. The van der Waals surface area contributed by atoms with Crippen LogP contribution in [0.3, 0.4) is 0 Å². The number of carbonyl (C=O) groups is 3. The summed E-state index contributed by atoms with van der Waals surface area (Å²) < 4.78 is 15.3. The van der Waals surface area contributed by atoms with Gasteiger partial charge < -0.3 is 44.8 Å². The van der Waals surface area contributed by atoms with E-state index in [1.807, 2.05) is 64.7 Å². The van der Waals surface area contributed by atoms with Gasteiger partial charge in [0.25, 0.3) is 0 Å². The van der Waals surface area contributed by atoms with Gasteiger partial charge in [-0.3, -0.25) is 14.7 Å². The second kappa shape index (κ2) is 19.0. The Labute approximate surface area is 370 Å². The smallest absolute Gasteiger partial charge is 0.407 e. The number of imidazole rings is 2. The highest BCUT2D eigenvalue weighted by Crippen LogP contribution is 2.37. The Hall–Kier alpha value is -6.62. The number of benzene rings is 3. The number of likely N-dealkylation sites (tertiary alicyclic amines) is 2. The van der Waals surface area contributed by atoms with Crippen LogP contribution in [-0.4, -0.2) is 111 Å². The van der Waals surface area contributed by atoms with E-state index in [1.165, 1.54) is 14.2 Å². The van der Waals surface area contributed by atoms with E-state index in [0.717, 1.165) is 87.4 Å². The van der Waals surface area contributed by atoms with E-state index in [-0.39, 0.29) is 23.9 Å². The Morgan fingerprint density at radius 2 is 1.34 bits per heavy atom. The molecule has 3 amide bonds. The van der Waals surface area contributed by atoms with Crippen molar-refractivity contribution in [1.29, 1.82) is 0 Å². The number of nitrogens with zero attached hydrogens (tertiary/aromatic N) is 5. The average molecular weight is 868 g/mol. The van der Waals surface area contributed by atoms with Crippen molar-refractivity contribution < 1.29 is 33.7 Å². The Balaban J connectivity index is 0.867. The van der Waals surface area contributed by atoms with Gasteiger partial charge in [0.15, 0.2) is 0 Å². The van der Waals surface area contributed by atoms with Gasteiger partial charge in [-0.2, -0.15) is 0 Å². The zero-order chi connectivity index (χ0) is 44.2. The lowest BCUT2D eigenvalue weighted by atomic mass is 9.90. The summed E-state index contributed by atoms with van der Waals surface area (Å²) in [4.78, 5) is 63.7. The van der Waals surface area contributed by atoms with Crippen LogP contribution in [0.2, 0.25) is 0 Å². The number of amides is 3. The summed E-state index contributed by atoms with van der Waals surface area (Å²) in [7, 11) is 2.62. The van der Waals surface area contributed by atoms with Gasteiger partial charge in [-0.25, -0.2) is 19.6 Å². The zero-order valence-electron chi connectivity index (χ0n) is 35.9. The van der Waals surface area contributed by atoms with Gasteiger partial charge in [0, 0.05) is 49.2 Å². The van der Waals surface area contributed by atoms with Crippen molar-refractivity contribution in [2.75, 3.05) is 40.5 Å². The predicted octanol–water partition coefficient (Wildman–Crippen LogP) is 7.05. The first-order valence-electron chi connectivity index (χ1n) is 21.9. The quantitative estimate of drug-likeness (QED) is 0.0845. The molecule has 5 N–H and O–H groups in total. The lowest BCUT2D eigenvalue weighted by Crippen LogP contribution is -2.53.